The molecule has 120 valence electrons. The van der Waals surface area contributed by atoms with Crippen LogP contribution in [-0.4, -0.2) is 27.7 Å². The number of hydrogen-bond donors (Lipinski definition) is 1. The molecule has 0 radical (unpaired) electrons. The Labute approximate surface area is 136 Å². The Kier molecular flexibility index (Phi) is 5.86. The van der Waals surface area contributed by atoms with Crippen LogP contribution in [0.2, 0.25) is 0 Å². The molecule has 0 unspecified atom stereocenters. The second-order valence-corrected chi connectivity index (χ2v) is 5.39. The third kappa shape index (κ3) is 4.92. The van der Waals surface area contributed by atoms with Gasteiger partial charge in [-0.3, -0.25) is 14.6 Å². The van der Waals surface area contributed by atoms with Crippen molar-refractivity contribution in [2.24, 2.45) is 0 Å². The summed E-state index contributed by atoms with van der Waals surface area (Å²) < 4.78 is 0. The molecule has 1 heterocycles. The lowest BCUT2D eigenvalue weighted by molar-refractivity contribution is -0.139. The summed E-state index contributed by atoms with van der Waals surface area (Å²) in [6, 6.07) is 12.8. The number of nitrogens with one attached hydrogen (secondary N) is 1. The van der Waals surface area contributed by atoms with Crippen molar-refractivity contribution in [2.45, 2.75) is 33.0 Å². The van der Waals surface area contributed by atoms with Crippen molar-refractivity contribution < 1.29 is 9.59 Å². The largest absolute Gasteiger partial charge is 0.350 e. The van der Waals surface area contributed by atoms with Gasteiger partial charge in [-0.15, -0.1) is 0 Å². The molecule has 23 heavy (non-hydrogen) atoms. The molecule has 0 aliphatic rings. The van der Waals surface area contributed by atoms with Crippen LogP contribution in [0.25, 0.3) is 0 Å². The van der Waals surface area contributed by atoms with E-state index in [9.17, 15) is 9.59 Å². The number of aromatic nitrogens is 1. The molecule has 2 aromatic rings. The second kappa shape index (κ2) is 8.08. The van der Waals surface area contributed by atoms with Crippen molar-refractivity contribution in [1.29, 1.82) is 0 Å². The van der Waals surface area contributed by atoms with E-state index in [4.69, 9.17) is 0 Å². The summed E-state index contributed by atoms with van der Waals surface area (Å²) in [6.45, 7) is 4.03. The van der Waals surface area contributed by atoms with Crippen LogP contribution >= 0.6 is 0 Å². The Morgan fingerprint density at radius 1 is 1.13 bits per heavy atom. The summed E-state index contributed by atoms with van der Waals surface area (Å²) in [6.07, 6.45) is 3.39. The van der Waals surface area contributed by atoms with Crippen LogP contribution in [0.4, 0.5) is 0 Å². The van der Waals surface area contributed by atoms with Gasteiger partial charge in [0, 0.05) is 32.4 Å². The maximum atomic E-state index is 12.3. The van der Waals surface area contributed by atoms with E-state index in [1.165, 1.54) is 6.92 Å². The van der Waals surface area contributed by atoms with Crippen molar-refractivity contribution in [3.63, 3.8) is 0 Å². The van der Waals surface area contributed by atoms with Crippen molar-refractivity contribution in [3.05, 3.63) is 66.0 Å². The fourth-order valence-electron chi connectivity index (χ4n) is 2.28. The molecule has 5 nitrogen and oxygen atoms in total. The first-order valence-corrected chi connectivity index (χ1v) is 7.55. The summed E-state index contributed by atoms with van der Waals surface area (Å²) in [7, 11) is 0. The fourth-order valence-corrected chi connectivity index (χ4v) is 2.28. The third-order valence-electron chi connectivity index (χ3n) is 3.64. The number of carbonyl (C=O) groups excluding carboxylic acids is 2. The van der Waals surface area contributed by atoms with E-state index in [-0.39, 0.29) is 11.8 Å². The van der Waals surface area contributed by atoms with Gasteiger partial charge >= 0.3 is 0 Å². The molecule has 5 heteroatoms. The molecular weight excluding hydrogens is 290 g/mol. The first kappa shape index (κ1) is 16.7. The molecule has 1 aromatic carbocycles. The highest BCUT2D eigenvalue weighted by Crippen LogP contribution is 2.09. The standard InChI is InChI=1S/C18H21N3O2/c1-14(18(23)20-12-17-9-6-10-19-11-17)21(15(2)22)13-16-7-4-3-5-8-16/h3-11,14H,12-13H2,1-2H3,(H,20,23)/t14-/m0/s1. The van der Waals surface area contributed by atoms with E-state index in [1.54, 1.807) is 24.2 Å². The van der Waals surface area contributed by atoms with Crippen LogP contribution in [0.15, 0.2) is 54.9 Å². The second-order valence-electron chi connectivity index (χ2n) is 5.39. The van der Waals surface area contributed by atoms with Crippen LogP contribution in [0.3, 0.4) is 0 Å². The number of pyridine rings is 1. The van der Waals surface area contributed by atoms with Crippen LogP contribution in [0.1, 0.15) is 25.0 Å². The van der Waals surface area contributed by atoms with Gasteiger partial charge in [0.2, 0.25) is 11.8 Å². The normalized spacial score (nSPS) is 11.6. The van der Waals surface area contributed by atoms with Crippen molar-refractivity contribution >= 4 is 11.8 Å². The highest BCUT2D eigenvalue weighted by molar-refractivity contribution is 5.86. The number of nitrogens with zero attached hydrogens (tertiary/aromatic N) is 2. The molecule has 0 saturated heterocycles. The van der Waals surface area contributed by atoms with Crippen molar-refractivity contribution in [2.75, 3.05) is 0 Å². The zero-order chi connectivity index (χ0) is 16.7. The number of benzene rings is 1. The molecule has 1 atom stereocenters. The number of hydrogen-bond acceptors (Lipinski definition) is 3. The smallest absolute Gasteiger partial charge is 0.242 e. The maximum absolute atomic E-state index is 12.3. The SMILES string of the molecule is CC(=O)N(Cc1ccccc1)[C@@H](C)C(=O)NCc1cccnc1. The van der Waals surface area contributed by atoms with E-state index >= 15 is 0 Å². The maximum Gasteiger partial charge on any atom is 0.242 e. The average Bonchev–Trinajstić information content (AvgIpc) is 2.58. The summed E-state index contributed by atoms with van der Waals surface area (Å²) in [4.78, 5) is 29.8. The van der Waals surface area contributed by atoms with E-state index in [2.05, 4.69) is 10.3 Å². The Morgan fingerprint density at radius 2 is 1.83 bits per heavy atom. The number of rotatable bonds is 6. The van der Waals surface area contributed by atoms with E-state index < -0.39 is 6.04 Å². The molecule has 0 spiro atoms. The third-order valence-corrected chi connectivity index (χ3v) is 3.64. The number of amides is 2. The van der Waals surface area contributed by atoms with Gasteiger partial charge in [-0.05, 0) is 24.1 Å². The van der Waals surface area contributed by atoms with Gasteiger partial charge in [-0.25, -0.2) is 0 Å². The van der Waals surface area contributed by atoms with Crippen LogP contribution in [0.5, 0.6) is 0 Å². The average molecular weight is 311 g/mol. The van der Waals surface area contributed by atoms with Gasteiger partial charge < -0.3 is 10.2 Å². The van der Waals surface area contributed by atoms with Gasteiger partial charge in [0.15, 0.2) is 0 Å². The molecule has 0 aliphatic carbocycles. The molecule has 0 fully saturated rings. The van der Waals surface area contributed by atoms with Gasteiger partial charge in [0.25, 0.3) is 0 Å². The van der Waals surface area contributed by atoms with E-state index in [1.807, 2.05) is 42.5 Å². The number of carbonyl (C=O) groups is 2. The monoisotopic (exact) mass is 311 g/mol. The van der Waals surface area contributed by atoms with Gasteiger partial charge in [-0.2, -0.15) is 0 Å². The summed E-state index contributed by atoms with van der Waals surface area (Å²) >= 11 is 0. The molecule has 0 aliphatic heterocycles. The highest BCUT2D eigenvalue weighted by Gasteiger charge is 2.23. The predicted molar refractivity (Wildman–Crippen MR) is 88.2 cm³/mol. The summed E-state index contributed by atoms with van der Waals surface area (Å²) in [5, 5.41) is 2.85. The Balaban J connectivity index is 1.98. The zero-order valence-electron chi connectivity index (χ0n) is 13.4. The first-order chi connectivity index (χ1) is 11.1. The zero-order valence-corrected chi connectivity index (χ0v) is 13.4. The minimum atomic E-state index is -0.538. The lowest BCUT2D eigenvalue weighted by atomic mass is 10.1. The van der Waals surface area contributed by atoms with Crippen LogP contribution in [0, 0.1) is 0 Å². The lowest BCUT2D eigenvalue weighted by Crippen LogP contribution is -2.46. The molecular formula is C18H21N3O2. The molecule has 0 bridgehead atoms. The molecule has 1 N–H and O–H groups in total. The van der Waals surface area contributed by atoms with Gasteiger partial charge in [0.05, 0.1) is 0 Å². The highest BCUT2D eigenvalue weighted by atomic mass is 16.2. The molecule has 2 amide bonds. The van der Waals surface area contributed by atoms with E-state index in [0.29, 0.717) is 13.1 Å². The fraction of sp³-hybridized carbons (Fsp3) is 0.278. The van der Waals surface area contributed by atoms with Gasteiger partial charge in [-0.1, -0.05) is 36.4 Å². The minimum absolute atomic E-state index is 0.127. The Hall–Kier alpha value is -2.69. The quantitative estimate of drug-likeness (QED) is 0.889. The first-order valence-electron chi connectivity index (χ1n) is 7.55. The minimum Gasteiger partial charge on any atom is -0.350 e. The summed E-state index contributed by atoms with van der Waals surface area (Å²) in [5.41, 5.74) is 1.92. The van der Waals surface area contributed by atoms with Crippen LogP contribution < -0.4 is 5.32 Å². The van der Waals surface area contributed by atoms with Gasteiger partial charge in [0.1, 0.15) is 6.04 Å². The topological polar surface area (TPSA) is 62.3 Å². The lowest BCUT2D eigenvalue weighted by Gasteiger charge is -2.27. The van der Waals surface area contributed by atoms with E-state index in [0.717, 1.165) is 11.1 Å². The Morgan fingerprint density at radius 3 is 2.43 bits per heavy atom. The van der Waals surface area contributed by atoms with Crippen molar-refractivity contribution in [1.82, 2.24) is 15.2 Å². The molecule has 2 rings (SSSR count). The predicted octanol–water partition coefficient (Wildman–Crippen LogP) is 2.13. The van der Waals surface area contributed by atoms with Crippen molar-refractivity contribution in [3.8, 4) is 0 Å². The molecule has 0 saturated carbocycles. The van der Waals surface area contributed by atoms with Crippen LogP contribution in [-0.2, 0) is 22.7 Å². The molecule has 1 aromatic heterocycles. The Bertz CT molecular complexity index is 644. The summed E-state index contributed by atoms with van der Waals surface area (Å²) in [5.74, 6) is -0.308.